The van der Waals surface area contributed by atoms with Crippen molar-refractivity contribution in [3.8, 4) is 11.4 Å². The van der Waals surface area contributed by atoms with Crippen molar-refractivity contribution in [2.24, 2.45) is 0 Å². The van der Waals surface area contributed by atoms with E-state index in [1.807, 2.05) is 4.57 Å². The number of nitrogen functional groups attached to an aromatic ring is 1. The van der Waals surface area contributed by atoms with Crippen molar-refractivity contribution in [3.05, 3.63) is 65.0 Å². The zero-order valence-corrected chi connectivity index (χ0v) is 14.6. The standard InChI is InChI=1S/C19H16F3N5O/c20-19(21,22)12-3-1-11(2-4-12)10-27-15-6-8-24-17(28)13(15)9-16(27)14-5-7-25-18(23)26-14/h1-5,7,9H,6,8,10H2,(H,24,28)(H2,23,25,26). The number of hydrogen-bond acceptors (Lipinski definition) is 4. The molecule has 0 saturated carbocycles. The molecule has 0 unspecified atom stereocenters. The van der Waals surface area contributed by atoms with Crippen molar-refractivity contribution in [1.29, 1.82) is 0 Å². The Morgan fingerprint density at radius 1 is 1.18 bits per heavy atom. The molecule has 1 aliphatic rings. The number of carbonyl (C=O) groups excluding carboxylic acids is 1. The molecule has 28 heavy (non-hydrogen) atoms. The fourth-order valence-corrected chi connectivity index (χ4v) is 3.34. The Morgan fingerprint density at radius 3 is 2.61 bits per heavy atom. The Labute approximate surface area is 158 Å². The smallest absolute Gasteiger partial charge is 0.368 e. The minimum absolute atomic E-state index is 0.0993. The van der Waals surface area contributed by atoms with Gasteiger partial charge in [-0.3, -0.25) is 4.79 Å². The summed E-state index contributed by atoms with van der Waals surface area (Å²) in [6, 6.07) is 8.40. The highest BCUT2D eigenvalue weighted by molar-refractivity contribution is 5.97. The second-order valence-corrected chi connectivity index (χ2v) is 6.48. The van der Waals surface area contributed by atoms with Crippen LogP contribution in [-0.2, 0) is 19.1 Å². The third-order valence-electron chi connectivity index (χ3n) is 4.66. The molecule has 6 nitrogen and oxygen atoms in total. The highest BCUT2D eigenvalue weighted by Gasteiger charge is 2.30. The number of nitrogens with two attached hydrogens (primary N) is 1. The number of hydrogen-bond donors (Lipinski definition) is 2. The third kappa shape index (κ3) is 3.30. The molecule has 0 bridgehead atoms. The lowest BCUT2D eigenvalue weighted by molar-refractivity contribution is -0.137. The summed E-state index contributed by atoms with van der Waals surface area (Å²) >= 11 is 0. The third-order valence-corrected chi connectivity index (χ3v) is 4.66. The van der Waals surface area contributed by atoms with Crippen LogP contribution in [0.15, 0.2) is 42.6 Å². The van der Waals surface area contributed by atoms with Gasteiger partial charge in [0.25, 0.3) is 5.91 Å². The molecule has 4 rings (SSSR count). The number of nitrogens with zero attached hydrogens (tertiary/aromatic N) is 3. The summed E-state index contributed by atoms with van der Waals surface area (Å²) in [7, 11) is 0. The van der Waals surface area contributed by atoms with Gasteiger partial charge in [-0.25, -0.2) is 9.97 Å². The van der Waals surface area contributed by atoms with Gasteiger partial charge >= 0.3 is 6.18 Å². The molecular weight excluding hydrogens is 371 g/mol. The van der Waals surface area contributed by atoms with E-state index in [9.17, 15) is 18.0 Å². The van der Waals surface area contributed by atoms with Crippen LogP contribution in [0.5, 0.6) is 0 Å². The molecule has 9 heteroatoms. The fourth-order valence-electron chi connectivity index (χ4n) is 3.34. The van der Waals surface area contributed by atoms with Crippen molar-refractivity contribution in [3.63, 3.8) is 0 Å². The second-order valence-electron chi connectivity index (χ2n) is 6.48. The summed E-state index contributed by atoms with van der Waals surface area (Å²) in [5, 5.41) is 2.79. The van der Waals surface area contributed by atoms with E-state index < -0.39 is 11.7 Å². The summed E-state index contributed by atoms with van der Waals surface area (Å²) in [4.78, 5) is 20.4. The van der Waals surface area contributed by atoms with Gasteiger partial charge in [0, 0.05) is 31.4 Å². The number of carbonyl (C=O) groups is 1. The van der Waals surface area contributed by atoms with Crippen LogP contribution < -0.4 is 11.1 Å². The largest absolute Gasteiger partial charge is 0.416 e. The first-order valence-electron chi connectivity index (χ1n) is 8.58. The second kappa shape index (κ2) is 6.66. The van der Waals surface area contributed by atoms with Gasteiger partial charge in [-0.1, -0.05) is 12.1 Å². The normalized spacial score (nSPS) is 13.9. The van der Waals surface area contributed by atoms with E-state index in [1.54, 1.807) is 12.1 Å². The van der Waals surface area contributed by atoms with Crippen molar-refractivity contribution >= 4 is 11.9 Å². The molecule has 0 atom stereocenters. The summed E-state index contributed by atoms with van der Waals surface area (Å²) in [6.07, 6.45) is -2.25. The van der Waals surface area contributed by atoms with Crippen LogP contribution in [0, 0.1) is 0 Å². The van der Waals surface area contributed by atoms with Gasteiger partial charge in [0.2, 0.25) is 5.95 Å². The molecule has 1 aliphatic heterocycles. The zero-order valence-electron chi connectivity index (χ0n) is 14.6. The Kier molecular flexibility index (Phi) is 4.29. The summed E-state index contributed by atoms with van der Waals surface area (Å²) in [5.41, 5.74) is 8.22. The van der Waals surface area contributed by atoms with E-state index >= 15 is 0 Å². The van der Waals surface area contributed by atoms with Crippen LogP contribution in [0.2, 0.25) is 0 Å². The van der Waals surface area contributed by atoms with Gasteiger partial charge in [-0.05, 0) is 29.8 Å². The van der Waals surface area contributed by atoms with Crippen molar-refractivity contribution in [2.75, 3.05) is 12.3 Å². The predicted molar refractivity (Wildman–Crippen MR) is 96.5 cm³/mol. The Bertz CT molecular complexity index is 1040. The number of amides is 1. The molecule has 0 aliphatic carbocycles. The van der Waals surface area contributed by atoms with E-state index in [0.29, 0.717) is 42.0 Å². The zero-order chi connectivity index (χ0) is 19.9. The number of nitrogens with one attached hydrogen (secondary N) is 1. The lowest BCUT2D eigenvalue weighted by Gasteiger charge is -2.18. The molecule has 0 spiro atoms. The number of halogens is 3. The first-order chi connectivity index (χ1) is 13.3. The highest BCUT2D eigenvalue weighted by Crippen LogP contribution is 2.31. The van der Waals surface area contributed by atoms with Crippen LogP contribution in [0.3, 0.4) is 0 Å². The van der Waals surface area contributed by atoms with Gasteiger partial charge < -0.3 is 15.6 Å². The lowest BCUT2D eigenvalue weighted by Crippen LogP contribution is -2.32. The monoisotopic (exact) mass is 387 g/mol. The molecule has 0 saturated heterocycles. The van der Waals surface area contributed by atoms with Gasteiger partial charge in [0.05, 0.1) is 22.5 Å². The van der Waals surface area contributed by atoms with Crippen LogP contribution in [0.4, 0.5) is 19.1 Å². The maximum absolute atomic E-state index is 12.8. The van der Waals surface area contributed by atoms with Crippen molar-refractivity contribution in [1.82, 2.24) is 19.9 Å². The summed E-state index contributed by atoms with van der Waals surface area (Å²) in [5.74, 6) is -0.0853. The number of alkyl halides is 3. The van der Waals surface area contributed by atoms with E-state index in [-0.39, 0.29) is 11.9 Å². The van der Waals surface area contributed by atoms with E-state index in [2.05, 4.69) is 15.3 Å². The minimum atomic E-state index is -4.38. The first-order valence-corrected chi connectivity index (χ1v) is 8.58. The highest BCUT2D eigenvalue weighted by atomic mass is 19.4. The first kappa shape index (κ1) is 18.0. The molecular formula is C19H16F3N5O. The van der Waals surface area contributed by atoms with Crippen molar-refractivity contribution < 1.29 is 18.0 Å². The summed E-state index contributed by atoms with van der Waals surface area (Å²) < 4.78 is 40.3. The molecule has 3 heterocycles. The van der Waals surface area contributed by atoms with Crippen LogP contribution in [-0.4, -0.2) is 27.0 Å². The topological polar surface area (TPSA) is 85.8 Å². The predicted octanol–water partition coefficient (Wildman–Crippen LogP) is 2.88. The van der Waals surface area contributed by atoms with Crippen molar-refractivity contribution in [2.45, 2.75) is 19.1 Å². The maximum atomic E-state index is 12.8. The molecule has 0 fully saturated rings. The number of benzene rings is 1. The SMILES string of the molecule is Nc1nccc(-c2cc3c(n2Cc2ccc(C(F)(F)F)cc2)CCNC3=O)n1. The lowest BCUT2D eigenvalue weighted by atomic mass is 10.1. The molecule has 1 amide bonds. The molecule has 1 aromatic carbocycles. The number of aromatic nitrogens is 3. The van der Waals surface area contributed by atoms with Gasteiger partial charge in [-0.2, -0.15) is 13.2 Å². The maximum Gasteiger partial charge on any atom is 0.416 e. The van der Waals surface area contributed by atoms with Crippen LogP contribution >= 0.6 is 0 Å². The quantitative estimate of drug-likeness (QED) is 0.724. The van der Waals surface area contributed by atoms with E-state index in [1.165, 1.54) is 18.3 Å². The summed E-state index contributed by atoms with van der Waals surface area (Å²) in [6.45, 7) is 0.800. The molecule has 144 valence electrons. The number of fused-ring (bicyclic) bond motifs is 1. The van der Waals surface area contributed by atoms with E-state index in [0.717, 1.165) is 17.8 Å². The van der Waals surface area contributed by atoms with Gasteiger partial charge in [0.1, 0.15) is 0 Å². The Balaban J connectivity index is 1.78. The van der Waals surface area contributed by atoms with Gasteiger partial charge in [-0.15, -0.1) is 0 Å². The average Bonchev–Trinajstić information content (AvgIpc) is 3.01. The molecule has 2 aromatic heterocycles. The van der Waals surface area contributed by atoms with Gasteiger partial charge in [0.15, 0.2) is 0 Å². The Hall–Kier alpha value is -3.36. The Morgan fingerprint density at radius 2 is 1.93 bits per heavy atom. The van der Waals surface area contributed by atoms with E-state index in [4.69, 9.17) is 5.73 Å². The van der Waals surface area contributed by atoms with Crippen LogP contribution in [0.1, 0.15) is 27.2 Å². The number of rotatable bonds is 3. The van der Waals surface area contributed by atoms with Crippen LogP contribution in [0.25, 0.3) is 11.4 Å². The molecule has 3 aromatic rings. The number of anilines is 1. The molecule has 0 radical (unpaired) electrons. The molecule has 3 N–H and O–H groups in total. The average molecular weight is 387 g/mol. The fraction of sp³-hybridized carbons (Fsp3) is 0.211. The minimum Gasteiger partial charge on any atom is -0.368 e.